The number of carbonyl (C=O) groups excluding carboxylic acids is 2. The first-order valence-electron chi connectivity index (χ1n) is 9.28. The molecule has 160 valence electrons. The van der Waals surface area contributed by atoms with Crippen molar-refractivity contribution in [2.75, 3.05) is 0 Å². The van der Waals surface area contributed by atoms with E-state index in [0.29, 0.717) is 5.56 Å². The number of Topliss-reactive ketones (excluding diaryl/α,β-unsaturated/α-hetero) is 1. The summed E-state index contributed by atoms with van der Waals surface area (Å²) in [5.74, 6) is -2.14. The highest BCUT2D eigenvalue weighted by atomic mass is 32.2. The first-order valence-corrected chi connectivity index (χ1v) is 10.9. The molecule has 30 heavy (non-hydrogen) atoms. The largest absolute Gasteiger partial charge is 0.481 e. The number of ether oxygens (including phenoxy) is 1. The van der Waals surface area contributed by atoms with Crippen molar-refractivity contribution in [1.82, 2.24) is 0 Å². The van der Waals surface area contributed by atoms with E-state index in [-0.39, 0.29) is 29.1 Å². The highest BCUT2D eigenvalue weighted by Gasteiger charge is 2.24. The molecular formula is C22H24O7S. The second kappa shape index (κ2) is 9.21. The van der Waals surface area contributed by atoms with Crippen molar-refractivity contribution in [3.63, 3.8) is 0 Å². The maximum atomic E-state index is 12.8. The molecule has 0 unspecified atom stereocenters. The van der Waals surface area contributed by atoms with E-state index in [2.05, 4.69) is 0 Å². The molecular weight excluding hydrogens is 408 g/mol. The fraction of sp³-hybridized carbons (Fsp3) is 0.318. The number of carboxylic acid groups (broad SMARTS) is 1. The van der Waals surface area contributed by atoms with Crippen molar-refractivity contribution < 1.29 is 32.6 Å². The topological polar surface area (TPSA) is 115 Å². The lowest BCUT2D eigenvalue weighted by Crippen LogP contribution is -2.25. The Bertz CT molecular complexity index is 1050. The van der Waals surface area contributed by atoms with Crippen molar-refractivity contribution in [2.45, 2.75) is 44.3 Å². The Morgan fingerprint density at radius 2 is 1.53 bits per heavy atom. The zero-order valence-corrected chi connectivity index (χ0v) is 17.9. The molecule has 0 saturated carbocycles. The van der Waals surface area contributed by atoms with Crippen LogP contribution in [0.25, 0.3) is 0 Å². The Hall–Kier alpha value is -3.00. The molecule has 0 fully saturated rings. The molecule has 0 bridgehead atoms. The molecule has 2 aromatic carbocycles. The summed E-state index contributed by atoms with van der Waals surface area (Å²) >= 11 is 0. The normalized spacial score (nSPS) is 11.7. The number of benzene rings is 2. The van der Waals surface area contributed by atoms with E-state index in [0.717, 1.165) is 0 Å². The van der Waals surface area contributed by atoms with E-state index in [1.165, 1.54) is 36.4 Å². The standard InChI is InChI=1S/C22H24O7S/c1-22(2,3)21(26)29-16-8-10-17(11-9-16)30(27,28)14-15-6-4-5-7-18(15)19(23)12-13-20(24)25/h4-11H,12-14H2,1-3H3,(H,24,25). The third-order valence-corrected chi connectivity index (χ3v) is 5.92. The summed E-state index contributed by atoms with van der Waals surface area (Å²) in [4.78, 5) is 35.0. The monoisotopic (exact) mass is 432 g/mol. The molecule has 0 spiro atoms. The predicted octanol–water partition coefficient (Wildman–Crippen LogP) is 3.66. The van der Waals surface area contributed by atoms with E-state index in [1.807, 2.05) is 0 Å². The summed E-state index contributed by atoms with van der Waals surface area (Å²) in [7, 11) is -3.78. The fourth-order valence-corrected chi connectivity index (χ4v) is 3.92. The lowest BCUT2D eigenvalue weighted by atomic mass is 9.97. The lowest BCUT2D eigenvalue weighted by molar-refractivity contribution is -0.143. The summed E-state index contributed by atoms with van der Waals surface area (Å²) in [5, 5.41) is 8.76. The van der Waals surface area contributed by atoms with Crippen molar-refractivity contribution in [3.05, 3.63) is 59.7 Å². The number of hydrogen-bond donors (Lipinski definition) is 1. The highest BCUT2D eigenvalue weighted by Crippen LogP contribution is 2.24. The number of carbonyl (C=O) groups is 3. The third-order valence-electron chi connectivity index (χ3n) is 4.23. The molecule has 8 heteroatoms. The van der Waals surface area contributed by atoms with Crippen LogP contribution in [0.3, 0.4) is 0 Å². The van der Waals surface area contributed by atoms with Crippen LogP contribution in [0.15, 0.2) is 53.4 Å². The average molecular weight is 432 g/mol. The predicted molar refractivity (Wildman–Crippen MR) is 110 cm³/mol. The van der Waals surface area contributed by atoms with Gasteiger partial charge >= 0.3 is 11.9 Å². The third kappa shape index (κ3) is 6.25. The molecule has 0 aromatic heterocycles. The van der Waals surface area contributed by atoms with Crippen LogP contribution in [0.1, 0.15) is 49.5 Å². The quantitative estimate of drug-likeness (QED) is 0.384. The summed E-state index contributed by atoms with van der Waals surface area (Å²) < 4.78 is 30.9. The van der Waals surface area contributed by atoms with E-state index in [4.69, 9.17) is 9.84 Å². The van der Waals surface area contributed by atoms with Gasteiger partial charge < -0.3 is 9.84 Å². The Morgan fingerprint density at radius 3 is 2.10 bits per heavy atom. The minimum atomic E-state index is -3.78. The average Bonchev–Trinajstić information content (AvgIpc) is 2.66. The smallest absolute Gasteiger partial charge is 0.316 e. The highest BCUT2D eigenvalue weighted by molar-refractivity contribution is 7.90. The van der Waals surface area contributed by atoms with Gasteiger partial charge in [-0.05, 0) is 50.6 Å². The van der Waals surface area contributed by atoms with Gasteiger partial charge in [-0.3, -0.25) is 14.4 Å². The number of carboxylic acids is 1. The van der Waals surface area contributed by atoms with Crippen molar-refractivity contribution in [1.29, 1.82) is 0 Å². The van der Waals surface area contributed by atoms with Crippen LogP contribution in [-0.4, -0.2) is 31.2 Å². The van der Waals surface area contributed by atoms with Crippen molar-refractivity contribution in [2.24, 2.45) is 5.41 Å². The van der Waals surface area contributed by atoms with Gasteiger partial charge in [-0.25, -0.2) is 8.42 Å². The number of ketones is 1. The second-order valence-corrected chi connectivity index (χ2v) is 9.83. The van der Waals surface area contributed by atoms with Gasteiger partial charge in [-0.1, -0.05) is 24.3 Å². The number of esters is 1. The molecule has 0 amide bonds. The van der Waals surface area contributed by atoms with E-state index in [1.54, 1.807) is 32.9 Å². The van der Waals surface area contributed by atoms with Crippen molar-refractivity contribution >= 4 is 27.6 Å². The molecule has 0 aliphatic rings. The molecule has 0 atom stereocenters. The molecule has 2 aromatic rings. The van der Waals surface area contributed by atoms with Gasteiger partial charge in [-0.2, -0.15) is 0 Å². The molecule has 0 aliphatic heterocycles. The molecule has 7 nitrogen and oxygen atoms in total. The van der Waals surface area contributed by atoms with Gasteiger partial charge in [0.15, 0.2) is 15.6 Å². The Kier molecular flexibility index (Phi) is 7.15. The molecule has 0 aliphatic carbocycles. The van der Waals surface area contributed by atoms with Crippen LogP contribution in [-0.2, 0) is 25.2 Å². The zero-order valence-electron chi connectivity index (χ0n) is 17.0. The second-order valence-electron chi connectivity index (χ2n) is 7.84. The van der Waals surface area contributed by atoms with Crippen LogP contribution >= 0.6 is 0 Å². The maximum Gasteiger partial charge on any atom is 0.316 e. The van der Waals surface area contributed by atoms with Crippen LogP contribution in [0, 0.1) is 5.41 Å². The molecule has 0 heterocycles. The first kappa shape index (κ1) is 23.3. The Labute approximate surface area is 175 Å². The Morgan fingerprint density at radius 1 is 0.933 bits per heavy atom. The van der Waals surface area contributed by atoms with Gasteiger partial charge in [-0.15, -0.1) is 0 Å². The molecule has 2 rings (SSSR count). The van der Waals surface area contributed by atoms with Crippen molar-refractivity contribution in [3.8, 4) is 5.75 Å². The zero-order chi connectivity index (χ0) is 22.5. The summed E-state index contributed by atoms with van der Waals surface area (Å²) in [6.07, 6.45) is -0.533. The minimum absolute atomic E-state index is 0.0193. The Balaban J connectivity index is 2.20. The van der Waals surface area contributed by atoms with Gasteiger partial charge in [0.05, 0.1) is 22.5 Å². The SMILES string of the molecule is CC(C)(C)C(=O)Oc1ccc(S(=O)(=O)Cc2ccccc2C(=O)CCC(=O)O)cc1. The van der Waals surface area contributed by atoms with Gasteiger partial charge in [0.1, 0.15) is 5.75 Å². The molecule has 0 radical (unpaired) electrons. The van der Waals surface area contributed by atoms with Gasteiger partial charge in [0, 0.05) is 12.0 Å². The van der Waals surface area contributed by atoms with E-state index < -0.39 is 38.7 Å². The van der Waals surface area contributed by atoms with Gasteiger partial charge in [0.2, 0.25) is 0 Å². The van der Waals surface area contributed by atoms with Crippen LogP contribution < -0.4 is 4.74 Å². The van der Waals surface area contributed by atoms with Gasteiger partial charge in [0.25, 0.3) is 0 Å². The molecule has 1 N–H and O–H groups in total. The molecule has 0 saturated heterocycles. The van der Waals surface area contributed by atoms with Crippen LogP contribution in [0.5, 0.6) is 5.75 Å². The minimum Gasteiger partial charge on any atom is -0.481 e. The maximum absolute atomic E-state index is 12.8. The lowest BCUT2D eigenvalue weighted by Gasteiger charge is -2.16. The summed E-state index contributed by atoms with van der Waals surface area (Å²) in [6.45, 7) is 5.14. The first-order chi connectivity index (χ1) is 13.9. The van der Waals surface area contributed by atoms with Crippen LogP contribution in [0.4, 0.5) is 0 Å². The van der Waals surface area contributed by atoms with E-state index in [9.17, 15) is 22.8 Å². The van der Waals surface area contributed by atoms with Crippen LogP contribution in [0.2, 0.25) is 0 Å². The summed E-state index contributed by atoms with van der Waals surface area (Å²) in [5.41, 5.74) is -0.198. The fourth-order valence-electron chi connectivity index (χ4n) is 2.54. The van der Waals surface area contributed by atoms with E-state index >= 15 is 0 Å². The number of aliphatic carboxylic acids is 1. The number of hydrogen-bond acceptors (Lipinski definition) is 6. The number of sulfone groups is 1. The summed E-state index contributed by atoms with van der Waals surface area (Å²) in [6, 6.07) is 11.7. The number of rotatable bonds is 8.